The number of aromatic nitrogens is 3. The van der Waals surface area contributed by atoms with Crippen LogP contribution in [0.5, 0.6) is 0 Å². The summed E-state index contributed by atoms with van der Waals surface area (Å²) < 4.78 is 2.25. The molecular formula is C18H18N4. The SMILES string of the molecule is Cc1cccc(N2CCn3cc(-c4ccccn4)nc3C2)c1. The number of anilines is 1. The van der Waals surface area contributed by atoms with E-state index in [9.17, 15) is 0 Å². The number of hydrogen-bond acceptors (Lipinski definition) is 3. The number of aryl methyl sites for hydroxylation is 1. The number of imidazole rings is 1. The van der Waals surface area contributed by atoms with Crippen LogP contribution in [0.25, 0.3) is 11.4 Å². The van der Waals surface area contributed by atoms with Crippen LogP contribution in [-0.2, 0) is 13.1 Å². The van der Waals surface area contributed by atoms with Crippen molar-refractivity contribution in [2.75, 3.05) is 11.4 Å². The normalized spacial score (nSPS) is 14.0. The fourth-order valence-corrected chi connectivity index (χ4v) is 2.93. The average molecular weight is 290 g/mol. The second-order valence-electron chi connectivity index (χ2n) is 5.71. The molecule has 1 aromatic carbocycles. The zero-order chi connectivity index (χ0) is 14.9. The summed E-state index contributed by atoms with van der Waals surface area (Å²) in [5.41, 5.74) is 4.46. The number of fused-ring (bicyclic) bond motifs is 1. The van der Waals surface area contributed by atoms with E-state index in [2.05, 4.69) is 51.8 Å². The molecule has 4 heteroatoms. The van der Waals surface area contributed by atoms with Crippen molar-refractivity contribution >= 4 is 5.69 Å². The highest BCUT2D eigenvalue weighted by atomic mass is 15.2. The largest absolute Gasteiger partial charge is 0.362 e. The van der Waals surface area contributed by atoms with Gasteiger partial charge in [-0.15, -0.1) is 0 Å². The molecule has 3 heterocycles. The van der Waals surface area contributed by atoms with Crippen LogP contribution in [0, 0.1) is 6.92 Å². The number of benzene rings is 1. The minimum atomic E-state index is 0.844. The first kappa shape index (κ1) is 13.1. The van der Waals surface area contributed by atoms with Crippen molar-refractivity contribution < 1.29 is 0 Å². The Balaban J connectivity index is 1.63. The van der Waals surface area contributed by atoms with Crippen LogP contribution in [0.15, 0.2) is 54.9 Å². The van der Waals surface area contributed by atoms with Gasteiger partial charge in [-0.2, -0.15) is 0 Å². The van der Waals surface area contributed by atoms with Gasteiger partial charge in [-0.25, -0.2) is 4.98 Å². The van der Waals surface area contributed by atoms with Gasteiger partial charge in [-0.3, -0.25) is 4.98 Å². The average Bonchev–Trinajstić information content (AvgIpc) is 2.99. The molecule has 0 aliphatic carbocycles. The monoisotopic (exact) mass is 290 g/mol. The van der Waals surface area contributed by atoms with E-state index in [4.69, 9.17) is 4.98 Å². The molecule has 0 bridgehead atoms. The van der Waals surface area contributed by atoms with Crippen LogP contribution in [0.1, 0.15) is 11.4 Å². The zero-order valence-electron chi connectivity index (χ0n) is 12.6. The molecule has 0 amide bonds. The molecule has 0 fully saturated rings. The van der Waals surface area contributed by atoms with Gasteiger partial charge >= 0.3 is 0 Å². The van der Waals surface area contributed by atoms with Gasteiger partial charge in [-0.05, 0) is 36.8 Å². The van der Waals surface area contributed by atoms with Gasteiger partial charge < -0.3 is 9.47 Å². The molecule has 4 rings (SSSR count). The number of hydrogen-bond donors (Lipinski definition) is 0. The molecule has 1 aliphatic rings. The molecule has 3 aromatic rings. The summed E-state index contributed by atoms with van der Waals surface area (Å²) in [6.45, 7) is 4.95. The van der Waals surface area contributed by atoms with Crippen molar-refractivity contribution in [1.82, 2.24) is 14.5 Å². The lowest BCUT2D eigenvalue weighted by Gasteiger charge is -2.29. The third kappa shape index (κ3) is 2.37. The van der Waals surface area contributed by atoms with Crippen molar-refractivity contribution in [1.29, 1.82) is 0 Å². The highest BCUT2D eigenvalue weighted by Gasteiger charge is 2.19. The lowest BCUT2D eigenvalue weighted by atomic mass is 10.2. The summed E-state index contributed by atoms with van der Waals surface area (Å²) in [7, 11) is 0. The molecule has 1 aliphatic heterocycles. The summed E-state index contributed by atoms with van der Waals surface area (Å²) in [5.74, 6) is 1.11. The van der Waals surface area contributed by atoms with Crippen molar-refractivity contribution in [3.05, 3.63) is 66.2 Å². The maximum Gasteiger partial charge on any atom is 0.129 e. The van der Waals surface area contributed by atoms with Crippen molar-refractivity contribution in [2.45, 2.75) is 20.0 Å². The number of rotatable bonds is 2. The summed E-state index contributed by atoms with van der Waals surface area (Å²) in [5, 5.41) is 0. The molecular weight excluding hydrogens is 272 g/mol. The lowest BCUT2D eigenvalue weighted by molar-refractivity contribution is 0.560. The van der Waals surface area contributed by atoms with Crippen LogP contribution in [0.3, 0.4) is 0 Å². The first-order valence-corrected chi connectivity index (χ1v) is 7.59. The van der Waals surface area contributed by atoms with E-state index < -0.39 is 0 Å². The molecule has 0 radical (unpaired) electrons. The van der Waals surface area contributed by atoms with Gasteiger partial charge in [0.25, 0.3) is 0 Å². The Bertz CT molecular complexity index is 792. The van der Waals surface area contributed by atoms with Crippen LogP contribution >= 0.6 is 0 Å². The van der Waals surface area contributed by atoms with E-state index >= 15 is 0 Å². The molecule has 0 saturated carbocycles. The first-order chi connectivity index (χ1) is 10.8. The van der Waals surface area contributed by atoms with Crippen LogP contribution in [-0.4, -0.2) is 21.1 Å². The summed E-state index contributed by atoms with van der Waals surface area (Å²) in [6.07, 6.45) is 3.93. The Labute approximate surface area is 130 Å². The van der Waals surface area contributed by atoms with Crippen molar-refractivity contribution in [3.8, 4) is 11.4 Å². The Kier molecular flexibility index (Phi) is 3.15. The van der Waals surface area contributed by atoms with Crippen molar-refractivity contribution in [3.63, 3.8) is 0 Å². The predicted molar refractivity (Wildman–Crippen MR) is 87.7 cm³/mol. The van der Waals surface area contributed by atoms with E-state index in [-0.39, 0.29) is 0 Å². The smallest absolute Gasteiger partial charge is 0.129 e. The third-order valence-electron chi connectivity index (χ3n) is 4.10. The van der Waals surface area contributed by atoms with Gasteiger partial charge in [0.05, 0.1) is 12.2 Å². The second-order valence-corrected chi connectivity index (χ2v) is 5.71. The van der Waals surface area contributed by atoms with Gasteiger partial charge in [0.1, 0.15) is 11.5 Å². The second kappa shape index (κ2) is 5.30. The summed E-state index contributed by atoms with van der Waals surface area (Å²) in [4.78, 5) is 11.6. The molecule has 0 spiro atoms. The Morgan fingerprint density at radius 2 is 1.95 bits per heavy atom. The zero-order valence-corrected chi connectivity index (χ0v) is 12.6. The minimum Gasteiger partial charge on any atom is -0.362 e. The molecule has 0 atom stereocenters. The van der Waals surface area contributed by atoms with Crippen LogP contribution < -0.4 is 4.90 Å². The summed E-state index contributed by atoms with van der Waals surface area (Å²) >= 11 is 0. The maximum atomic E-state index is 4.78. The van der Waals surface area contributed by atoms with E-state index in [1.165, 1.54) is 11.3 Å². The molecule has 0 saturated heterocycles. The fourth-order valence-electron chi connectivity index (χ4n) is 2.93. The van der Waals surface area contributed by atoms with E-state index in [1.807, 2.05) is 24.4 Å². The topological polar surface area (TPSA) is 34.0 Å². The van der Waals surface area contributed by atoms with E-state index in [0.29, 0.717) is 0 Å². The van der Waals surface area contributed by atoms with Crippen molar-refractivity contribution in [2.24, 2.45) is 0 Å². The molecule has 4 nitrogen and oxygen atoms in total. The molecule has 2 aromatic heterocycles. The van der Waals surface area contributed by atoms with E-state index in [1.54, 1.807) is 0 Å². The number of pyridine rings is 1. The van der Waals surface area contributed by atoms with Gasteiger partial charge in [0, 0.05) is 31.2 Å². The summed E-state index contributed by atoms with van der Waals surface area (Å²) in [6, 6.07) is 14.6. The molecule has 0 unspecified atom stereocenters. The van der Waals surface area contributed by atoms with Gasteiger partial charge in [0.2, 0.25) is 0 Å². The first-order valence-electron chi connectivity index (χ1n) is 7.59. The van der Waals surface area contributed by atoms with Gasteiger partial charge in [0.15, 0.2) is 0 Å². The molecule has 22 heavy (non-hydrogen) atoms. The van der Waals surface area contributed by atoms with Gasteiger partial charge in [-0.1, -0.05) is 18.2 Å². The highest BCUT2D eigenvalue weighted by molar-refractivity contribution is 5.54. The quantitative estimate of drug-likeness (QED) is 0.726. The Morgan fingerprint density at radius 1 is 1.00 bits per heavy atom. The lowest BCUT2D eigenvalue weighted by Crippen LogP contribution is -2.33. The van der Waals surface area contributed by atoms with Crippen LogP contribution in [0.2, 0.25) is 0 Å². The highest BCUT2D eigenvalue weighted by Crippen LogP contribution is 2.24. The van der Waals surface area contributed by atoms with Crippen LogP contribution in [0.4, 0.5) is 5.69 Å². The third-order valence-corrected chi connectivity index (χ3v) is 4.10. The standard InChI is InChI=1S/C18H18N4/c1-14-5-4-6-15(11-14)21-9-10-22-12-17(20-18(22)13-21)16-7-2-3-8-19-16/h2-8,11-12H,9-10,13H2,1H3. The Morgan fingerprint density at radius 3 is 2.77 bits per heavy atom. The fraction of sp³-hybridized carbons (Fsp3) is 0.222. The number of nitrogens with zero attached hydrogens (tertiary/aromatic N) is 4. The molecule has 110 valence electrons. The Hall–Kier alpha value is -2.62. The molecule has 0 N–H and O–H groups in total. The minimum absolute atomic E-state index is 0.844. The van der Waals surface area contributed by atoms with E-state index in [0.717, 1.165) is 36.8 Å². The predicted octanol–water partition coefficient (Wildman–Crippen LogP) is 3.27. The maximum absolute atomic E-state index is 4.78.